The highest BCUT2D eigenvalue weighted by molar-refractivity contribution is 6.06. The molecule has 1 unspecified atom stereocenters. The fourth-order valence-electron chi connectivity index (χ4n) is 4.74. The number of rotatable bonds is 7. The number of benzene rings is 2. The van der Waals surface area contributed by atoms with Gasteiger partial charge in [0.05, 0.1) is 0 Å². The maximum atomic E-state index is 12.5. The van der Waals surface area contributed by atoms with Crippen LogP contribution >= 0.6 is 0 Å². The van der Waals surface area contributed by atoms with Crippen molar-refractivity contribution >= 4 is 11.9 Å². The van der Waals surface area contributed by atoms with Crippen molar-refractivity contribution in [2.24, 2.45) is 11.8 Å². The Hall–Kier alpha value is -3.05. The number of hydrogen-bond acceptors (Lipinski definition) is 5. The lowest BCUT2D eigenvalue weighted by Gasteiger charge is -2.37. The van der Waals surface area contributed by atoms with Crippen LogP contribution in [0.3, 0.4) is 0 Å². The van der Waals surface area contributed by atoms with E-state index in [1.807, 2.05) is 25.1 Å². The fraction of sp³-hybridized carbons (Fsp3) is 0.370. The van der Waals surface area contributed by atoms with Crippen LogP contribution in [0.2, 0.25) is 0 Å². The van der Waals surface area contributed by atoms with Gasteiger partial charge in [0.1, 0.15) is 0 Å². The average Bonchev–Trinajstić information content (AvgIpc) is 3.28. The molecule has 166 valence electrons. The van der Waals surface area contributed by atoms with E-state index in [0.717, 1.165) is 18.4 Å². The molecule has 0 N–H and O–H groups in total. The molecule has 1 atom stereocenters. The second-order valence-electron chi connectivity index (χ2n) is 9.00. The molecular weight excluding hydrogens is 398 g/mol. The Bertz CT molecular complexity index is 1050. The van der Waals surface area contributed by atoms with Crippen LogP contribution in [0, 0.1) is 18.8 Å². The second kappa shape index (κ2) is 10.0. The van der Waals surface area contributed by atoms with E-state index in [4.69, 9.17) is 4.52 Å². The Labute approximate surface area is 190 Å². The third-order valence-corrected chi connectivity index (χ3v) is 6.43. The molecule has 1 saturated carbocycles. The fourth-order valence-corrected chi connectivity index (χ4v) is 4.74. The minimum absolute atomic E-state index is 0.105. The molecule has 3 aromatic rings. The summed E-state index contributed by atoms with van der Waals surface area (Å²) in [4.78, 5) is 19.2. The van der Waals surface area contributed by atoms with Gasteiger partial charge in [-0.1, -0.05) is 71.4 Å². The molecule has 1 aromatic heterocycles. The summed E-state index contributed by atoms with van der Waals surface area (Å²) < 4.78 is 5.30. The lowest BCUT2D eigenvalue weighted by molar-refractivity contribution is 0.102. The van der Waals surface area contributed by atoms with Crippen molar-refractivity contribution in [2.45, 2.75) is 38.6 Å². The van der Waals surface area contributed by atoms with Crippen molar-refractivity contribution in [3.05, 3.63) is 89.1 Å². The van der Waals surface area contributed by atoms with E-state index in [1.54, 1.807) is 12.1 Å². The lowest BCUT2D eigenvalue weighted by Crippen LogP contribution is -2.30. The van der Waals surface area contributed by atoms with Crippen LogP contribution < -0.4 is 0 Å². The number of carbonyl (C=O) groups excluding carboxylic acids is 1. The molecule has 2 aromatic carbocycles. The summed E-state index contributed by atoms with van der Waals surface area (Å²) in [5.74, 6) is 1.42. The monoisotopic (exact) mass is 429 g/mol. The molecular formula is C27H31N3O2. The summed E-state index contributed by atoms with van der Waals surface area (Å²) in [7, 11) is 4.35. The van der Waals surface area contributed by atoms with E-state index in [-0.39, 0.29) is 11.6 Å². The van der Waals surface area contributed by atoms with Crippen LogP contribution in [0.25, 0.3) is 6.08 Å². The smallest absolute Gasteiger partial charge is 0.250 e. The summed E-state index contributed by atoms with van der Waals surface area (Å²) in [6.45, 7) is 1.99. The minimum Gasteiger partial charge on any atom is -0.334 e. The highest BCUT2D eigenvalue weighted by Crippen LogP contribution is 2.39. The van der Waals surface area contributed by atoms with E-state index in [0.29, 0.717) is 29.3 Å². The highest BCUT2D eigenvalue weighted by Gasteiger charge is 2.29. The Morgan fingerprint density at radius 1 is 1.03 bits per heavy atom. The van der Waals surface area contributed by atoms with E-state index < -0.39 is 0 Å². The molecule has 4 rings (SSSR count). The zero-order valence-electron chi connectivity index (χ0n) is 19.1. The number of nitrogens with zero attached hydrogens (tertiary/aromatic N) is 3. The van der Waals surface area contributed by atoms with Gasteiger partial charge in [-0.3, -0.25) is 4.79 Å². The van der Waals surface area contributed by atoms with Gasteiger partial charge in [0, 0.05) is 11.6 Å². The number of allylic oxidation sites excluding steroid dienone is 1. The van der Waals surface area contributed by atoms with Crippen molar-refractivity contribution < 1.29 is 9.32 Å². The molecule has 0 bridgehead atoms. The summed E-state index contributed by atoms with van der Waals surface area (Å²) >= 11 is 0. The van der Waals surface area contributed by atoms with Crippen molar-refractivity contribution in [2.75, 3.05) is 14.1 Å². The normalized spacial score (nSPS) is 20.0. The van der Waals surface area contributed by atoms with E-state index >= 15 is 0 Å². The predicted octanol–water partition coefficient (Wildman–Crippen LogP) is 5.73. The molecule has 1 heterocycles. The van der Waals surface area contributed by atoms with Gasteiger partial charge in [0.25, 0.3) is 5.89 Å². The zero-order valence-corrected chi connectivity index (χ0v) is 19.1. The Morgan fingerprint density at radius 3 is 2.38 bits per heavy atom. The molecule has 1 aliphatic rings. The topological polar surface area (TPSA) is 59.2 Å². The van der Waals surface area contributed by atoms with Gasteiger partial charge in [0.15, 0.2) is 0 Å². The summed E-state index contributed by atoms with van der Waals surface area (Å²) in [6, 6.07) is 18.7. The molecule has 0 saturated heterocycles. The minimum atomic E-state index is -0.218. The van der Waals surface area contributed by atoms with Gasteiger partial charge in [0.2, 0.25) is 11.6 Å². The van der Waals surface area contributed by atoms with Crippen molar-refractivity contribution in [1.82, 2.24) is 15.0 Å². The van der Waals surface area contributed by atoms with Gasteiger partial charge in [-0.25, -0.2) is 0 Å². The average molecular weight is 430 g/mol. The standard InChI is InChI=1S/C27H31N3O2/c1-19-9-14-23(15-10-19)26(31)27-28-24(32-29-27)18-13-20-11-16-22(17-12-20)25(30(2)3)21-7-5-4-6-8-21/h4-10,13-15,18,20,22,25H,11-12,16-17H2,1-3H3/b18-13+. The van der Waals surface area contributed by atoms with Crippen LogP contribution in [-0.2, 0) is 0 Å². The number of ketones is 1. The first-order valence-electron chi connectivity index (χ1n) is 11.4. The largest absolute Gasteiger partial charge is 0.334 e. The number of carbonyl (C=O) groups is 1. The van der Waals surface area contributed by atoms with Gasteiger partial charge in [-0.15, -0.1) is 0 Å². The third kappa shape index (κ3) is 5.22. The maximum absolute atomic E-state index is 12.5. The molecule has 0 radical (unpaired) electrons. The summed E-state index contributed by atoms with van der Waals surface area (Å²) in [5.41, 5.74) is 3.07. The lowest BCUT2D eigenvalue weighted by atomic mass is 9.76. The first-order chi connectivity index (χ1) is 15.5. The summed E-state index contributed by atoms with van der Waals surface area (Å²) in [6.07, 6.45) is 8.69. The first kappa shape index (κ1) is 22.2. The molecule has 32 heavy (non-hydrogen) atoms. The van der Waals surface area contributed by atoms with Crippen LogP contribution in [0.15, 0.2) is 65.2 Å². The van der Waals surface area contributed by atoms with E-state index in [9.17, 15) is 4.79 Å². The highest BCUT2D eigenvalue weighted by atomic mass is 16.5. The zero-order chi connectivity index (χ0) is 22.5. The Morgan fingerprint density at radius 2 is 1.72 bits per heavy atom. The predicted molar refractivity (Wildman–Crippen MR) is 126 cm³/mol. The number of aryl methyl sites for hydroxylation is 1. The summed E-state index contributed by atoms with van der Waals surface area (Å²) in [5, 5.41) is 3.87. The molecule has 5 nitrogen and oxygen atoms in total. The Balaban J connectivity index is 1.35. The third-order valence-electron chi connectivity index (χ3n) is 6.43. The van der Waals surface area contributed by atoms with Crippen molar-refractivity contribution in [3.8, 4) is 0 Å². The molecule has 0 aliphatic heterocycles. The van der Waals surface area contributed by atoms with Crippen LogP contribution in [0.5, 0.6) is 0 Å². The number of aromatic nitrogens is 2. The van der Waals surface area contributed by atoms with Gasteiger partial charge in [-0.05, 0) is 70.2 Å². The van der Waals surface area contributed by atoms with E-state index in [2.05, 4.69) is 65.5 Å². The molecule has 0 spiro atoms. The first-order valence-corrected chi connectivity index (χ1v) is 11.4. The second-order valence-corrected chi connectivity index (χ2v) is 9.00. The van der Waals surface area contributed by atoms with E-state index in [1.165, 1.54) is 18.4 Å². The van der Waals surface area contributed by atoms with Gasteiger partial charge in [-0.2, -0.15) is 4.98 Å². The molecule has 1 aliphatic carbocycles. The maximum Gasteiger partial charge on any atom is 0.250 e. The van der Waals surface area contributed by atoms with Crippen molar-refractivity contribution in [3.63, 3.8) is 0 Å². The molecule has 0 amide bonds. The van der Waals surface area contributed by atoms with Crippen LogP contribution in [0.4, 0.5) is 0 Å². The SMILES string of the molecule is Cc1ccc(C(=O)c2noc(/C=C/C3CCC(C(c4ccccc4)N(C)C)CC3)n2)cc1. The quantitative estimate of drug-likeness (QED) is 0.449. The van der Waals surface area contributed by atoms with Gasteiger partial charge < -0.3 is 9.42 Å². The van der Waals surface area contributed by atoms with Crippen LogP contribution in [0.1, 0.15) is 64.9 Å². The van der Waals surface area contributed by atoms with Crippen LogP contribution in [-0.4, -0.2) is 34.9 Å². The molecule has 1 fully saturated rings. The Kier molecular flexibility index (Phi) is 6.96. The van der Waals surface area contributed by atoms with Crippen molar-refractivity contribution in [1.29, 1.82) is 0 Å². The van der Waals surface area contributed by atoms with Gasteiger partial charge >= 0.3 is 0 Å². The molecule has 5 heteroatoms. The number of hydrogen-bond donors (Lipinski definition) is 0.